The average molecular weight is 416 g/mol. The topological polar surface area (TPSA) is 96.2 Å². The molecular formula is C23H24N6O2. The minimum absolute atomic E-state index is 0.164. The van der Waals surface area contributed by atoms with Crippen molar-refractivity contribution in [3.63, 3.8) is 0 Å². The fourth-order valence-corrected chi connectivity index (χ4v) is 3.19. The molecule has 0 atom stereocenters. The van der Waals surface area contributed by atoms with Crippen molar-refractivity contribution in [2.75, 3.05) is 37.4 Å². The van der Waals surface area contributed by atoms with Gasteiger partial charge in [-0.15, -0.1) is 0 Å². The molecule has 0 bridgehead atoms. The number of carbonyl (C=O) groups is 1. The van der Waals surface area contributed by atoms with Gasteiger partial charge in [0, 0.05) is 50.1 Å². The van der Waals surface area contributed by atoms with E-state index in [1.54, 1.807) is 12.1 Å². The normalized spacial score (nSPS) is 10.8. The molecule has 0 aliphatic rings. The number of hydrogen-bond acceptors (Lipinski definition) is 7. The van der Waals surface area contributed by atoms with Gasteiger partial charge in [0.05, 0.1) is 5.39 Å². The van der Waals surface area contributed by atoms with Crippen LogP contribution in [0.25, 0.3) is 22.2 Å². The van der Waals surface area contributed by atoms with Crippen molar-refractivity contribution in [3.05, 3.63) is 65.9 Å². The van der Waals surface area contributed by atoms with E-state index < -0.39 is 0 Å². The fraction of sp³-hybridized carbons (Fsp3) is 0.217. The number of nitrogens with one attached hydrogen (secondary N) is 2. The van der Waals surface area contributed by atoms with Crippen LogP contribution in [0.4, 0.5) is 11.8 Å². The van der Waals surface area contributed by atoms with Gasteiger partial charge in [0.25, 0.3) is 5.91 Å². The summed E-state index contributed by atoms with van der Waals surface area (Å²) in [7, 11) is 3.86. The highest BCUT2D eigenvalue weighted by molar-refractivity contribution is 6.00. The first-order valence-corrected chi connectivity index (χ1v) is 10.0. The SMILES string of the molecule is Cc1cc(N(C)C)nc(NCCNC(=O)c2ccc3noc(-c4ccccc4)c3c2)n1. The third-order valence-corrected chi connectivity index (χ3v) is 4.77. The highest BCUT2D eigenvalue weighted by atomic mass is 16.5. The lowest BCUT2D eigenvalue weighted by molar-refractivity contribution is 0.0955. The zero-order valence-corrected chi connectivity index (χ0v) is 17.7. The molecule has 2 heterocycles. The molecule has 4 aromatic rings. The Balaban J connectivity index is 1.40. The maximum Gasteiger partial charge on any atom is 0.251 e. The van der Waals surface area contributed by atoms with Crippen LogP contribution in [-0.4, -0.2) is 48.2 Å². The van der Waals surface area contributed by atoms with Crippen LogP contribution in [0.2, 0.25) is 0 Å². The summed E-state index contributed by atoms with van der Waals surface area (Å²) in [4.78, 5) is 23.4. The first-order chi connectivity index (χ1) is 15.0. The molecule has 0 spiro atoms. The summed E-state index contributed by atoms with van der Waals surface area (Å²) < 4.78 is 5.51. The van der Waals surface area contributed by atoms with Gasteiger partial charge in [-0.1, -0.05) is 35.5 Å². The molecule has 0 aliphatic heterocycles. The molecule has 0 saturated heterocycles. The van der Waals surface area contributed by atoms with Gasteiger partial charge in [0.2, 0.25) is 5.95 Å². The van der Waals surface area contributed by atoms with Gasteiger partial charge in [-0.3, -0.25) is 4.79 Å². The highest BCUT2D eigenvalue weighted by Crippen LogP contribution is 2.29. The number of nitrogens with zero attached hydrogens (tertiary/aromatic N) is 4. The summed E-state index contributed by atoms with van der Waals surface area (Å²) in [5.41, 5.74) is 3.06. The van der Waals surface area contributed by atoms with Crippen molar-refractivity contribution < 1.29 is 9.32 Å². The van der Waals surface area contributed by atoms with Gasteiger partial charge < -0.3 is 20.1 Å². The standard InChI is InChI=1S/C23H24N6O2/c1-15-13-20(29(2)3)27-23(26-15)25-12-11-24-22(30)17-9-10-19-18(14-17)21(31-28-19)16-7-5-4-6-8-16/h4-10,13-14H,11-12H2,1-3H3,(H,24,30)(H,25,26,27). The van der Waals surface area contributed by atoms with Crippen molar-refractivity contribution >= 4 is 28.6 Å². The van der Waals surface area contributed by atoms with Crippen molar-refractivity contribution in [1.29, 1.82) is 0 Å². The van der Waals surface area contributed by atoms with E-state index >= 15 is 0 Å². The summed E-state index contributed by atoms with van der Waals surface area (Å²) in [6.45, 7) is 2.86. The average Bonchev–Trinajstić information content (AvgIpc) is 3.20. The Kier molecular flexibility index (Phi) is 5.79. The van der Waals surface area contributed by atoms with Crippen LogP contribution < -0.4 is 15.5 Å². The zero-order chi connectivity index (χ0) is 21.8. The monoisotopic (exact) mass is 416 g/mol. The Bertz CT molecular complexity index is 1200. The van der Waals surface area contributed by atoms with E-state index in [1.165, 1.54) is 0 Å². The molecule has 0 radical (unpaired) electrons. The number of rotatable bonds is 7. The molecule has 2 aromatic carbocycles. The number of amides is 1. The van der Waals surface area contributed by atoms with Crippen LogP contribution in [0.1, 0.15) is 16.1 Å². The number of aryl methyl sites for hydroxylation is 1. The Morgan fingerprint density at radius 3 is 2.61 bits per heavy atom. The van der Waals surface area contributed by atoms with Gasteiger partial charge >= 0.3 is 0 Å². The first kappa shape index (κ1) is 20.3. The smallest absolute Gasteiger partial charge is 0.251 e. The van der Waals surface area contributed by atoms with Gasteiger partial charge in [0.15, 0.2) is 5.76 Å². The lowest BCUT2D eigenvalue weighted by Crippen LogP contribution is -2.29. The van der Waals surface area contributed by atoms with Gasteiger partial charge in [-0.2, -0.15) is 4.98 Å². The Labute approximate surface area is 180 Å². The molecule has 8 nitrogen and oxygen atoms in total. The van der Waals surface area contributed by atoms with Crippen molar-refractivity contribution in [1.82, 2.24) is 20.4 Å². The van der Waals surface area contributed by atoms with Gasteiger partial charge in [0.1, 0.15) is 11.3 Å². The maximum atomic E-state index is 12.6. The third-order valence-electron chi connectivity index (χ3n) is 4.77. The van der Waals surface area contributed by atoms with Gasteiger partial charge in [-0.05, 0) is 25.1 Å². The van der Waals surface area contributed by atoms with Crippen molar-refractivity contribution in [3.8, 4) is 11.3 Å². The van der Waals surface area contributed by atoms with E-state index in [1.807, 2.05) is 68.4 Å². The highest BCUT2D eigenvalue weighted by Gasteiger charge is 2.14. The van der Waals surface area contributed by atoms with Crippen molar-refractivity contribution in [2.45, 2.75) is 6.92 Å². The largest absolute Gasteiger partial charge is 0.363 e. The van der Waals surface area contributed by atoms with Crippen LogP contribution >= 0.6 is 0 Å². The number of hydrogen-bond donors (Lipinski definition) is 2. The molecule has 0 fully saturated rings. The lowest BCUT2D eigenvalue weighted by atomic mass is 10.1. The Hall–Kier alpha value is -3.94. The first-order valence-electron chi connectivity index (χ1n) is 10.0. The maximum absolute atomic E-state index is 12.6. The predicted octanol–water partition coefficient (Wildman–Crippen LogP) is 3.50. The molecule has 31 heavy (non-hydrogen) atoms. The number of carbonyl (C=O) groups excluding carboxylic acids is 1. The van der Waals surface area contributed by atoms with Crippen LogP contribution in [0, 0.1) is 6.92 Å². The van der Waals surface area contributed by atoms with Crippen LogP contribution in [0.5, 0.6) is 0 Å². The van der Waals surface area contributed by atoms with Crippen LogP contribution in [0.15, 0.2) is 59.1 Å². The number of anilines is 2. The summed E-state index contributed by atoms with van der Waals surface area (Å²) in [5, 5.41) is 11.0. The van der Waals surface area contributed by atoms with E-state index in [4.69, 9.17) is 4.52 Å². The molecule has 158 valence electrons. The molecule has 0 aliphatic carbocycles. The summed E-state index contributed by atoms with van der Waals surface area (Å²) in [6.07, 6.45) is 0. The molecule has 0 saturated carbocycles. The van der Waals surface area contributed by atoms with E-state index in [0.717, 1.165) is 22.5 Å². The number of benzene rings is 2. The quantitative estimate of drug-likeness (QED) is 0.445. The molecule has 1 amide bonds. The lowest BCUT2D eigenvalue weighted by Gasteiger charge is -2.14. The van der Waals surface area contributed by atoms with Crippen LogP contribution in [0.3, 0.4) is 0 Å². The van der Waals surface area contributed by atoms with Crippen molar-refractivity contribution in [2.24, 2.45) is 0 Å². The zero-order valence-electron chi connectivity index (χ0n) is 17.7. The van der Waals surface area contributed by atoms with Gasteiger partial charge in [-0.25, -0.2) is 4.98 Å². The number of fused-ring (bicyclic) bond motifs is 1. The van der Waals surface area contributed by atoms with E-state index in [-0.39, 0.29) is 5.91 Å². The Morgan fingerprint density at radius 1 is 1.03 bits per heavy atom. The molecule has 2 N–H and O–H groups in total. The van der Waals surface area contributed by atoms with Crippen LogP contribution in [-0.2, 0) is 0 Å². The number of aromatic nitrogens is 3. The molecular weight excluding hydrogens is 392 g/mol. The fourth-order valence-electron chi connectivity index (χ4n) is 3.19. The molecule has 4 rings (SSSR count). The second kappa shape index (κ2) is 8.83. The third kappa shape index (κ3) is 4.63. The predicted molar refractivity (Wildman–Crippen MR) is 121 cm³/mol. The summed E-state index contributed by atoms with van der Waals surface area (Å²) >= 11 is 0. The molecule has 0 unspecified atom stereocenters. The summed E-state index contributed by atoms with van der Waals surface area (Å²) in [6, 6.07) is 17.0. The second-order valence-electron chi connectivity index (χ2n) is 7.38. The Morgan fingerprint density at radius 2 is 1.84 bits per heavy atom. The minimum atomic E-state index is -0.164. The minimum Gasteiger partial charge on any atom is -0.363 e. The second-order valence-corrected chi connectivity index (χ2v) is 7.38. The van der Waals surface area contributed by atoms with E-state index in [9.17, 15) is 4.79 Å². The molecule has 2 aromatic heterocycles. The van der Waals surface area contributed by atoms with E-state index in [2.05, 4.69) is 25.8 Å². The van der Waals surface area contributed by atoms with E-state index in [0.29, 0.717) is 35.9 Å². The summed E-state index contributed by atoms with van der Waals surface area (Å²) in [5.74, 6) is 1.86. The molecule has 8 heteroatoms.